The highest BCUT2D eigenvalue weighted by atomic mass is 16.6. The van der Waals surface area contributed by atoms with E-state index >= 15 is 0 Å². The summed E-state index contributed by atoms with van der Waals surface area (Å²) in [6.07, 6.45) is 9.26. The third kappa shape index (κ3) is 3.48. The summed E-state index contributed by atoms with van der Waals surface area (Å²) in [5.74, 6) is -0.0754. The van der Waals surface area contributed by atoms with E-state index < -0.39 is 5.72 Å². The van der Waals surface area contributed by atoms with Crippen LogP contribution in [0.15, 0.2) is 0 Å². The second kappa shape index (κ2) is 6.71. The van der Waals surface area contributed by atoms with Crippen LogP contribution in [-0.2, 0) is 14.3 Å². The van der Waals surface area contributed by atoms with Gasteiger partial charge in [-0.15, -0.1) is 0 Å². The molecule has 0 spiro atoms. The van der Waals surface area contributed by atoms with E-state index in [1.807, 2.05) is 0 Å². The highest BCUT2D eigenvalue weighted by Gasteiger charge is 2.55. The van der Waals surface area contributed by atoms with Crippen LogP contribution in [0.3, 0.4) is 0 Å². The van der Waals surface area contributed by atoms with Crippen molar-refractivity contribution in [1.29, 1.82) is 0 Å². The number of fused-ring (bicyclic) bond motifs is 2. The van der Waals surface area contributed by atoms with Gasteiger partial charge in [0.2, 0.25) is 0 Å². The highest BCUT2D eigenvalue weighted by Crippen LogP contribution is 2.40. The Morgan fingerprint density at radius 1 is 1.32 bits per heavy atom. The fourth-order valence-corrected chi connectivity index (χ4v) is 3.32. The number of methoxy groups -OCH3 is 1. The summed E-state index contributed by atoms with van der Waals surface area (Å²) in [5.41, 5.74) is -0.528. The van der Waals surface area contributed by atoms with Gasteiger partial charge < -0.3 is 9.47 Å². The Balaban J connectivity index is 1.72. The lowest BCUT2D eigenvalue weighted by Crippen LogP contribution is -2.49. The van der Waals surface area contributed by atoms with Gasteiger partial charge in [0.05, 0.1) is 0 Å². The zero-order chi connectivity index (χ0) is 13.7. The molecule has 0 unspecified atom stereocenters. The van der Waals surface area contributed by atoms with Gasteiger partial charge in [0, 0.05) is 26.0 Å². The average molecular weight is 269 g/mol. The number of carbonyl (C=O) groups excluding carboxylic acids is 1. The molecule has 0 aromatic rings. The smallest absolute Gasteiger partial charge is 0.307 e. The fraction of sp³-hybridized carbons (Fsp3) is 0.933. The van der Waals surface area contributed by atoms with E-state index in [0.29, 0.717) is 12.5 Å². The molecule has 1 N–H and O–H groups in total. The van der Waals surface area contributed by atoms with Crippen molar-refractivity contribution in [3.05, 3.63) is 0 Å². The lowest BCUT2D eigenvalue weighted by Gasteiger charge is -2.32. The second-order valence-electron chi connectivity index (χ2n) is 5.87. The van der Waals surface area contributed by atoms with Crippen molar-refractivity contribution in [3.63, 3.8) is 0 Å². The predicted molar refractivity (Wildman–Crippen MR) is 73.8 cm³/mol. The molecular weight excluding hydrogens is 242 g/mol. The molecule has 0 saturated carbocycles. The van der Waals surface area contributed by atoms with Crippen LogP contribution in [0, 0.1) is 0 Å². The van der Waals surface area contributed by atoms with Crippen LogP contribution in [0.25, 0.3) is 0 Å². The number of hydrogen-bond acceptors (Lipinski definition) is 4. The summed E-state index contributed by atoms with van der Waals surface area (Å²) < 4.78 is 11.2. The Hall–Kier alpha value is -0.610. The Morgan fingerprint density at radius 3 is 2.79 bits per heavy atom. The van der Waals surface area contributed by atoms with E-state index in [-0.39, 0.29) is 12.1 Å². The van der Waals surface area contributed by atoms with Crippen LogP contribution >= 0.6 is 0 Å². The topological polar surface area (TPSA) is 47.6 Å². The molecule has 2 saturated heterocycles. The summed E-state index contributed by atoms with van der Waals surface area (Å²) in [6, 6.07) is 0.460. The molecule has 3 atom stereocenters. The van der Waals surface area contributed by atoms with Crippen LogP contribution < -0.4 is 5.32 Å². The molecule has 0 aromatic carbocycles. The SMILES string of the molecule is CCCCCCCC(=O)O[C@]12CC[C@@H](C[C@@H]1OC)N2. The fourth-order valence-electron chi connectivity index (χ4n) is 3.32. The zero-order valence-corrected chi connectivity index (χ0v) is 12.2. The van der Waals surface area contributed by atoms with Crippen molar-refractivity contribution in [3.8, 4) is 0 Å². The van der Waals surface area contributed by atoms with Crippen molar-refractivity contribution in [2.45, 2.75) is 82.6 Å². The maximum absolute atomic E-state index is 12.0. The quantitative estimate of drug-likeness (QED) is 0.544. The van der Waals surface area contributed by atoms with E-state index in [2.05, 4.69) is 12.2 Å². The molecule has 4 nitrogen and oxygen atoms in total. The molecule has 2 aliphatic heterocycles. The second-order valence-corrected chi connectivity index (χ2v) is 5.87. The van der Waals surface area contributed by atoms with Crippen LogP contribution in [0.5, 0.6) is 0 Å². The summed E-state index contributed by atoms with van der Waals surface area (Å²) in [5, 5.41) is 3.42. The standard InChI is InChI=1S/C15H27NO3/c1-3-4-5-6-7-8-14(17)19-15-10-9-12(16-15)11-13(15)18-2/h12-13,16H,3-11H2,1-2H3/t12-,13-,15+/m0/s1. The van der Waals surface area contributed by atoms with Crippen LogP contribution in [0.1, 0.15) is 64.7 Å². The van der Waals surface area contributed by atoms with E-state index in [1.54, 1.807) is 7.11 Å². The number of nitrogens with one attached hydrogen (secondary N) is 1. The molecule has 2 rings (SSSR count). The van der Waals surface area contributed by atoms with Crippen molar-refractivity contribution in [2.75, 3.05) is 7.11 Å². The molecular formula is C15H27NO3. The molecule has 0 aliphatic carbocycles. The van der Waals surface area contributed by atoms with Gasteiger partial charge in [-0.1, -0.05) is 32.6 Å². The first-order valence-corrected chi connectivity index (χ1v) is 7.72. The zero-order valence-electron chi connectivity index (χ0n) is 12.2. The van der Waals surface area contributed by atoms with E-state index in [1.165, 1.54) is 19.3 Å². The number of unbranched alkanes of at least 4 members (excludes halogenated alkanes) is 4. The van der Waals surface area contributed by atoms with Gasteiger partial charge in [-0.3, -0.25) is 10.1 Å². The molecule has 2 bridgehead atoms. The van der Waals surface area contributed by atoms with E-state index in [9.17, 15) is 4.79 Å². The van der Waals surface area contributed by atoms with Gasteiger partial charge in [-0.05, 0) is 19.3 Å². The van der Waals surface area contributed by atoms with E-state index in [0.717, 1.165) is 32.1 Å². The summed E-state index contributed by atoms with van der Waals surface area (Å²) in [6.45, 7) is 2.20. The number of carbonyl (C=O) groups is 1. The number of rotatable bonds is 8. The molecule has 2 heterocycles. The van der Waals surface area contributed by atoms with Crippen molar-refractivity contribution in [1.82, 2.24) is 5.32 Å². The maximum Gasteiger partial charge on any atom is 0.307 e. The summed E-state index contributed by atoms with van der Waals surface area (Å²) in [7, 11) is 1.70. The molecule has 110 valence electrons. The van der Waals surface area contributed by atoms with E-state index in [4.69, 9.17) is 9.47 Å². The van der Waals surface area contributed by atoms with Crippen LogP contribution in [0.2, 0.25) is 0 Å². The number of ether oxygens (including phenoxy) is 2. The molecule has 0 aromatic heterocycles. The lowest BCUT2D eigenvalue weighted by molar-refractivity contribution is -0.176. The first kappa shape index (κ1) is 14.8. The predicted octanol–water partition coefficient (Wildman–Crippen LogP) is 2.76. The van der Waals surface area contributed by atoms with Gasteiger partial charge in [-0.25, -0.2) is 0 Å². The Kier molecular flexibility index (Phi) is 5.22. The summed E-state index contributed by atoms with van der Waals surface area (Å²) in [4.78, 5) is 12.0. The van der Waals surface area contributed by atoms with Gasteiger partial charge in [-0.2, -0.15) is 0 Å². The third-order valence-electron chi connectivity index (χ3n) is 4.40. The molecule has 19 heavy (non-hydrogen) atoms. The third-order valence-corrected chi connectivity index (χ3v) is 4.40. The maximum atomic E-state index is 12.0. The minimum absolute atomic E-state index is 0.0234. The monoisotopic (exact) mass is 269 g/mol. The summed E-state index contributed by atoms with van der Waals surface area (Å²) >= 11 is 0. The Labute approximate surface area is 116 Å². The average Bonchev–Trinajstić information content (AvgIpc) is 2.95. The number of esters is 1. The first-order chi connectivity index (χ1) is 9.20. The Morgan fingerprint density at radius 2 is 2.11 bits per heavy atom. The number of hydrogen-bond donors (Lipinski definition) is 1. The van der Waals surface area contributed by atoms with Crippen molar-refractivity contribution < 1.29 is 14.3 Å². The minimum Gasteiger partial charge on any atom is -0.441 e. The normalized spacial score (nSPS) is 32.7. The van der Waals surface area contributed by atoms with Gasteiger partial charge in [0.25, 0.3) is 0 Å². The van der Waals surface area contributed by atoms with Crippen molar-refractivity contribution in [2.24, 2.45) is 0 Å². The van der Waals surface area contributed by atoms with Gasteiger partial charge >= 0.3 is 5.97 Å². The molecule has 4 heteroatoms. The van der Waals surface area contributed by atoms with Gasteiger partial charge in [0.15, 0.2) is 5.72 Å². The largest absolute Gasteiger partial charge is 0.441 e. The Bertz CT molecular complexity index is 308. The first-order valence-electron chi connectivity index (χ1n) is 7.72. The van der Waals surface area contributed by atoms with Gasteiger partial charge in [0.1, 0.15) is 6.10 Å². The van der Waals surface area contributed by atoms with Crippen LogP contribution in [0.4, 0.5) is 0 Å². The minimum atomic E-state index is -0.528. The molecule has 2 fully saturated rings. The lowest BCUT2D eigenvalue weighted by atomic mass is 9.94. The highest BCUT2D eigenvalue weighted by molar-refractivity contribution is 5.70. The van der Waals surface area contributed by atoms with Crippen molar-refractivity contribution >= 4 is 5.97 Å². The molecule has 2 aliphatic rings. The van der Waals surface area contributed by atoms with Crippen LogP contribution in [-0.4, -0.2) is 30.9 Å². The molecule has 0 amide bonds. The molecule has 0 radical (unpaired) electrons.